The Morgan fingerprint density at radius 2 is 2.04 bits per heavy atom. The van der Waals surface area contributed by atoms with Crippen LogP contribution in [0.25, 0.3) is 0 Å². The zero-order chi connectivity index (χ0) is 17.4. The molecule has 6 heteroatoms. The quantitative estimate of drug-likeness (QED) is 0.725. The maximum atomic E-state index is 5.59. The largest absolute Gasteiger partial charge is 0.494 e. The molecule has 1 heterocycles. The molecule has 0 fully saturated rings. The Hall–Kier alpha value is -2.05. The van der Waals surface area contributed by atoms with Gasteiger partial charge in [0.05, 0.1) is 25.5 Å². The normalized spacial score (nSPS) is 11.8. The molecule has 1 N–H and O–H groups in total. The minimum absolute atomic E-state index is 0.0119. The molecule has 0 aliphatic rings. The number of hydrogen-bond donors (Lipinski definition) is 1. The van der Waals surface area contributed by atoms with Crippen LogP contribution in [-0.2, 0) is 4.74 Å². The molecule has 1 aromatic heterocycles. The Balaban J connectivity index is 2.06. The standard InChI is InChI=1S/C18H24N2O3S/c1-4-22-16-9-7-15(8-10-16)19-18(24)20(11-13-21-3)14(2)17-6-5-12-23-17/h5-10,12,14H,4,11,13H2,1-3H3,(H,19,24)/t14-/m1/s1. The number of hydrogen-bond acceptors (Lipinski definition) is 4. The highest BCUT2D eigenvalue weighted by Gasteiger charge is 2.20. The molecule has 0 bridgehead atoms. The number of ether oxygens (including phenoxy) is 2. The van der Waals surface area contributed by atoms with Crippen LogP contribution in [0.15, 0.2) is 47.1 Å². The van der Waals surface area contributed by atoms with E-state index < -0.39 is 0 Å². The lowest BCUT2D eigenvalue weighted by Gasteiger charge is -2.30. The monoisotopic (exact) mass is 348 g/mol. The van der Waals surface area contributed by atoms with E-state index >= 15 is 0 Å². The van der Waals surface area contributed by atoms with Crippen molar-refractivity contribution < 1.29 is 13.9 Å². The lowest BCUT2D eigenvalue weighted by Crippen LogP contribution is -2.38. The minimum Gasteiger partial charge on any atom is -0.494 e. The Kier molecular flexibility index (Phi) is 7.08. The van der Waals surface area contributed by atoms with Gasteiger partial charge in [-0.1, -0.05) is 0 Å². The first-order valence-electron chi connectivity index (χ1n) is 7.98. The number of rotatable bonds is 8. The topological polar surface area (TPSA) is 46.9 Å². The van der Waals surface area contributed by atoms with Crippen LogP contribution in [0.4, 0.5) is 5.69 Å². The summed E-state index contributed by atoms with van der Waals surface area (Å²) < 4.78 is 16.2. The van der Waals surface area contributed by atoms with E-state index in [1.807, 2.05) is 48.2 Å². The van der Waals surface area contributed by atoms with Crippen molar-refractivity contribution in [2.75, 3.05) is 32.2 Å². The summed E-state index contributed by atoms with van der Waals surface area (Å²) in [4.78, 5) is 2.05. The summed E-state index contributed by atoms with van der Waals surface area (Å²) in [5.74, 6) is 1.70. The first-order chi connectivity index (χ1) is 11.7. The van der Waals surface area contributed by atoms with Crippen molar-refractivity contribution in [3.8, 4) is 5.75 Å². The van der Waals surface area contributed by atoms with E-state index in [0.717, 1.165) is 17.2 Å². The van der Waals surface area contributed by atoms with E-state index in [9.17, 15) is 0 Å². The molecule has 2 aromatic rings. The van der Waals surface area contributed by atoms with Crippen LogP contribution in [0.5, 0.6) is 5.75 Å². The second-order valence-electron chi connectivity index (χ2n) is 5.27. The van der Waals surface area contributed by atoms with Gasteiger partial charge < -0.3 is 24.1 Å². The zero-order valence-corrected chi connectivity index (χ0v) is 15.1. The number of nitrogens with zero attached hydrogens (tertiary/aromatic N) is 1. The number of benzene rings is 1. The van der Waals surface area contributed by atoms with Gasteiger partial charge in [0.1, 0.15) is 11.5 Å². The highest BCUT2D eigenvalue weighted by Crippen LogP contribution is 2.22. The Labute approximate surface area is 148 Å². The molecule has 0 saturated heterocycles. The maximum Gasteiger partial charge on any atom is 0.174 e. The summed E-state index contributed by atoms with van der Waals surface area (Å²) in [7, 11) is 1.68. The fraction of sp³-hybridized carbons (Fsp3) is 0.389. The van der Waals surface area contributed by atoms with Crippen LogP contribution in [-0.4, -0.2) is 36.9 Å². The summed E-state index contributed by atoms with van der Waals surface area (Å²) in [6.07, 6.45) is 1.67. The van der Waals surface area contributed by atoms with E-state index in [4.69, 9.17) is 26.1 Å². The third-order valence-electron chi connectivity index (χ3n) is 3.64. The number of nitrogens with one attached hydrogen (secondary N) is 1. The first-order valence-corrected chi connectivity index (χ1v) is 8.39. The second-order valence-corrected chi connectivity index (χ2v) is 5.65. The van der Waals surface area contributed by atoms with Gasteiger partial charge >= 0.3 is 0 Å². The van der Waals surface area contributed by atoms with Crippen molar-refractivity contribution in [1.82, 2.24) is 4.90 Å². The Bertz CT molecular complexity index is 614. The van der Waals surface area contributed by atoms with Crippen molar-refractivity contribution in [3.05, 3.63) is 48.4 Å². The fourth-order valence-electron chi connectivity index (χ4n) is 2.34. The maximum absolute atomic E-state index is 5.59. The van der Waals surface area contributed by atoms with Gasteiger partial charge in [-0.15, -0.1) is 0 Å². The molecule has 2 rings (SSSR count). The predicted octanol–water partition coefficient (Wildman–Crippen LogP) is 4.08. The predicted molar refractivity (Wildman–Crippen MR) is 99.5 cm³/mol. The van der Waals surface area contributed by atoms with Crippen LogP contribution >= 0.6 is 12.2 Å². The van der Waals surface area contributed by atoms with Gasteiger partial charge in [0.15, 0.2) is 5.11 Å². The SMILES string of the molecule is CCOc1ccc(NC(=S)N(CCOC)[C@H](C)c2ccco2)cc1. The molecular formula is C18H24N2O3S. The second kappa shape index (κ2) is 9.30. The molecule has 0 unspecified atom stereocenters. The van der Waals surface area contributed by atoms with E-state index in [2.05, 4.69) is 12.2 Å². The smallest absolute Gasteiger partial charge is 0.174 e. The van der Waals surface area contributed by atoms with Crippen LogP contribution in [0.2, 0.25) is 0 Å². The molecule has 1 aromatic carbocycles. The van der Waals surface area contributed by atoms with Crippen molar-refractivity contribution in [3.63, 3.8) is 0 Å². The highest BCUT2D eigenvalue weighted by atomic mass is 32.1. The highest BCUT2D eigenvalue weighted by molar-refractivity contribution is 7.80. The van der Waals surface area contributed by atoms with E-state index in [-0.39, 0.29) is 6.04 Å². The van der Waals surface area contributed by atoms with Gasteiger partial charge in [0.2, 0.25) is 0 Å². The summed E-state index contributed by atoms with van der Waals surface area (Å²) in [6, 6.07) is 11.6. The third-order valence-corrected chi connectivity index (χ3v) is 3.97. The molecule has 1 atom stereocenters. The molecule has 0 aliphatic heterocycles. The van der Waals surface area contributed by atoms with Gasteiger partial charge in [-0.3, -0.25) is 0 Å². The number of furan rings is 1. The number of thiocarbonyl (C=S) groups is 1. The molecule has 24 heavy (non-hydrogen) atoms. The summed E-state index contributed by atoms with van der Waals surface area (Å²) >= 11 is 5.59. The van der Waals surface area contributed by atoms with Crippen LogP contribution < -0.4 is 10.1 Å². The summed E-state index contributed by atoms with van der Waals surface area (Å²) in [5.41, 5.74) is 0.914. The van der Waals surface area contributed by atoms with Crippen LogP contribution in [0, 0.1) is 0 Å². The fourth-order valence-corrected chi connectivity index (χ4v) is 2.71. The third kappa shape index (κ3) is 4.97. The molecule has 0 saturated carbocycles. The van der Waals surface area contributed by atoms with Crippen LogP contribution in [0.3, 0.4) is 0 Å². The number of anilines is 1. The molecule has 0 aliphatic carbocycles. The van der Waals surface area contributed by atoms with E-state index in [0.29, 0.717) is 24.9 Å². The van der Waals surface area contributed by atoms with Crippen molar-refractivity contribution in [2.24, 2.45) is 0 Å². The molecule has 130 valence electrons. The molecular weight excluding hydrogens is 324 g/mol. The van der Waals surface area contributed by atoms with Crippen molar-refractivity contribution >= 4 is 23.0 Å². The van der Waals surface area contributed by atoms with Gasteiger partial charge in [-0.05, 0) is 62.5 Å². The van der Waals surface area contributed by atoms with Gasteiger partial charge in [0, 0.05) is 19.3 Å². The minimum atomic E-state index is 0.0119. The van der Waals surface area contributed by atoms with Gasteiger partial charge in [-0.25, -0.2) is 0 Å². The lowest BCUT2D eigenvalue weighted by molar-refractivity contribution is 0.160. The van der Waals surface area contributed by atoms with E-state index in [1.165, 1.54) is 0 Å². The van der Waals surface area contributed by atoms with Crippen molar-refractivity contribution in [2.45, 2.75) is 19.9 Å². The van der Waals surface area contributed by atoms with E-state index in [1.54, 1.807) is 13.4 Å². The summed E-state index contributed by atoms with van der Waals surface area (Å²) in [5, 5.41) is 3.89. The summed E-state index contributed by atoms with van der Waals surface area (Å²) in [6.45, 7) is 5.92. The molecule has 5 nitrogen and oxygen atoms in total. The average Bonchev–Trinajstić information content (AvgIpc) is 3.11. The van der Waals surface area contributed by atoms with Crippen LogP contribution in [0.1, 0.15) is 25.6 Å². The molecule has 0 amide bonds. The zero-order valence-electron chi connectivity index (χ0n) is 14.3. The lowest BCUT2D eigenvalue weighted by atomic mass is 10.2. The number of methoxy groups -OCH3 is 1. The molecule has 0 spiro atoms. The Morgan fingerprint density at radius 3 is 2.62 bits per heavy atom. The van der Waals surface area contributed by atoms with Crippen molar-refractivity contribution in [1.29, 1.82) is 0 Å². The Morgan fingerprint density at radius 1 is 1.29 bits per heavy atom. The first kappa shape index (κ1) is 18.3. The average molecular weight is 348 g/mol. The molecule has 0 radical (unpaired) electrons. The van der Waals surface area contributed by atoms with Gasteiger partial charge in [0.25, 0.3) is 0 Å². The van der Waals surface area contributed by atoms with Gasteiger partial charge in [-0.2, -0.15) is 0 Å².